The van der Waals surface area contributed by atoms with Crippen LogP contribution in [0.1, 0.15) is 12.0 Å². The first kappa shape index (κ1) is 14.1. The molecular weight excluding hydrogens is 241 g/mol. The van der Waals surface area contributed by atoms with Gasteiger partial charge in [0.1, 0.15) is 11.9 Å². The Balaban J connectivity index is 2.71. The molecule has 1 aromatic rings. The molecule has 0 bridgehead atoms. The molecule has 6 heteroatoms. The number of hydrogen-bond donors (Lipinski definition) is 3. The molecule has 0 fully saturated rings. The number of aliphatic carboxylic acids is 2. The molecule has 2 atom stereocenters. The second kappa shape index (κ2) is 6.11. The predicted octanol–water partition coefficient (Wildman–Crippen LogP) is 0.871. The molecule has 5 nitrogen and oxygen atoms in total. The summed E-state index contributed by atoms with van der Waals surface area (Å²) in [4.78, 5) is 21.6. The first-order valence-electron chi connectivity index (χ1n) is 5.35. The van der Waals surface area contributed by atoms with Crippen molar-refractivity contribution in [2.24, 2.45) is 11.7 Å². The summed E-state index contributed by atoms with van der Waals surface area (Å²) >= 11 is 0. The van der Waals surface area contributed by atoms with E-state index in [2.05, 4.69) is 0 Å². The van der Waals surface area contributed by atoms with Crippen LogP contribution in [0.25, 0.3) is 0 Å². The van der Waals surface area contributed by atoms with Crippen molar-refractivity contribution in [1.82, 2.24) is 0 Å². The zero-order valence-corrected chi connectivity index (χ0v) is 9.54. The topological polar surface area (TPSA) is 101 Å². The van der Waals surface area contributed by atoms with Crippen LogP contribution in [-0.4, -0.2) is 28.2 Å². The second-order valence-electron chi connectivity index (χ2n) is 4.05. The fourth-order valence-electron chi connectivity index (χ4n) is 1.58. The van der Waals surface area contributed by atoms with Crippen molar-refractivity contribution in [2.75, 3.05) is 0 Å². The van der Waals surface area contributed by atoms with E-state index < -0.39 is 29.7 Å². The summed E-state index contributed by atoms with van der Waals surface area (Å²) in [5.41, 5.74) is 5.94. The summed E-state index contributed by atoms with van der Waals surface area (Å²) in [5.74, 6) is -3.66. The maximum Gasteiger partial charge on any atom is 0.320 e. The van der Waals surface area contributed by atoms with Crippen molar-refractivity contribution in [3.05, 3.63) is 35.6 Å². The molecule has 0 aliphatic carbocycles. The molecule has 0 aliphatic rings. The first-order valence-corrected chi connectivity index (χ1v) is 5.35. The average molecular weight is 255 g/mol. The Hall–Kier alpha value is -1.95. The van der Waals surface area contributed by atoms with Crippen molar-refractivity contribution in [3.63, 3.8) is 0 Å². The minimum absolute atomic E-state index is 0.122. The summed E-state index contributed by atoms with van der Waals surface area (Å²) in [6.45, 7) is 0. The van der Waals surface area contributed by atoms with Gasteiger partial charge in [0, 0.05) is 0 Å². The molecule has 0 saturated carbocycles. The second-order valence-corrected chi connectivity index (χ2v) is 4.05. The molecule has 1 aromatic carbocycles. The lowest BCUT2D eigenvalue weighted by molar-refractivity contribution is -0.143. The Kier molecular flexibility index (Phi) is 4.79. The smallest absolute Gasteiger partial charge is 0.320 e. The molecule has 1 rings (SSSR count). The van der Waals surface area contributed by atoms with Crippen LogP contribution < -0.4 is 5.73 Å². The summed E-state index contributed by atoms with van der Waals surface area (Å²) in [7, 11) is 0. The fraction of sp³-hybridized carbons (Fsp3) is 0.333. The van der Waals surface area contributed by atoms with Gasteiger partial charge < -0.3 is 15.9 Å². The third-order valence-electron chi connectivity index (χ3n) is 2.60. The number of rotatable bonds is 6. The minimum atomic E-state index is -1.24. The van der Waals surface area contributed by atoms with Gasteiger partial charge in [-0.1, -0.05) is 12.1 Å². The van der Waals surface area contributed by atoms with Crippen LogP contribution >= 0.6 is 0 Å². The van der Waals surface area contributed by atoms with Crippen molar-refractivity contribution >= 4 is 11.9 Å². The van der Waals surface area contributed by atoms with Gasteiger partial charge in [-0.3, -0.25) is 9.59 Å². The SMILES string of the molecule is N[C@H](CC(Cc1ccc(F)cc1)C(=O)O)C(=O)O. The molecule has 18 heavy (non-hydrogen) atoms. The molecular formula is C12H14FNO4. The number of nitrogens with two attached hydrogens (primary N) is 1. The quantitative estimate of drug-likeness (QED) is 0.700. The third kappa shape index (κ3) is 4.14. The van der Waals surface area contributed by atoms with Crippen molar-refractivity contribution in [2.45, 2.75) is 18.9 Å². The van der Waals surface area contributed by atoms with E-state index in [9.17, 15) is 14.0 Å². The molecule has 0 saturated heterocycles. The molecule has 0 aromatic heterocycles. The van der Waals surface area contributed by atoms with Gasteiger partial charge in [-0.2, -0.15) is 0 Å². The summed E-state index contributed by atoms with van der Waals surface area (Å²) < 4.78 is 12.7. The zero-order valence-electron chi connectivity index (χ0n) is 9.54. The molecule has 1 unspecified atom stereocenters. The highest BCUT2D eigenvalue weighted by molar-refractivity contribution is 5.76. The van der Waals surface area contributed by atoms with E-state index in [4.69, 9.17) is 15.9 Å². The van der Waals surface area contributed by atoms with Gasteiger partial charge in [0.05, 0.1) is 5.92 Å². The zero-order chi connectivity index (χ0) is 13.7. The lowest BCUT2D eigenvalue weighted by Gasteiger charge is -2.14. The maximum absolute atomic E-state index is 12.7. The van der Waals surface area contributed by atoms with Crippen LogP contribution in [0, 0.1) is 11.7 Å². The van der Waals surface area contributed by atoms with E-state index in [0.717, 1.165) is 0 Å². The molecule has 98 valence electrons. The van der Waals surface area contributed by atoms with Gasteiger partial charge in [0.15, 0.2) is 0 Å². The Morgan fingerprint density at radius 3 is 2.17 bits per heavy atom. The fourth-order valence-corrected chi connectivity index (χ4v) is 1.58. The van der Waals surface area contributed by atoms with Crippen molar-refractivity contribution in [3.8, 4) is 0 Å². The highest BCUT2D eigenvalue weighted by Gasteiger charge is 2.24. The number of benzene rings is 1. The van der Waals surface area contributed by atoms with Gasteiger partial charge >= 0.3 is 11.9 Å². The van der Waals surface area contributed by atoms with Crippen LogP contribution in [0.3, 0.4) is 0 Å². The van der Waals surface area contributed by atoms with Crippen LogP contribution in [-0.2, 0) is 16.0 Å². The Labute approximate surface area is 103 Å². The third-order valence-corrected chi connectivity index (χ3v) is 2.60. The predicted molar refractivity (Wildman–Crippen MR) is 61.5 cm³/mol. The van der Waals surface area contributed by atoms with Crippen LogP contribution in [0.4, 0.5) is 4.39 Å². The maximum atomic E-state index is 12.7. The number of halogens is 1. The van der Waals surface area contributed by atoms with Gasteiger partial charge in [0.25, 0.3) is 0 Å². The summed E-state index contributed by atoms with van der Waals surface area (Å²) in [6.07, 6.45) is -0.0430. The van der Waals surface area contributed by atoms with E-state index in [1.165, 1.54) is 24.3 Å². The first-order chi connectivity index (χ1) is 8.40. The van der Waals surface area contributed by atoms with E-state index in [-0.39, 0.29) is 12.8 Å². The van der Waals surface area contributed by atoms with Gasteiger partial charge in [0.2, 0.25) is 0 Å². The van der Waals surface area contributed by atoms with Gasteiger partial charge in [-0.15, -0.1) is 0 Å². The molecule has 4 N–H and O–H groups in total. The summed E-state index contributed by atoms with van der Waals surface area (Å²) in [6, 6.07) is 4.18. The number of carboxylic acid groups (broad SMARTS) is 2. The molecule has 0 radical (unpaired) electrons. The van der Waals surface area contributed by atoms with E-state index >= 15 is 0 Å². The Morgan fingerprint density at radius 2 is 1.72 bits per heavy atom. The lowest BCUT2D eigenvalue weighted by Crippen LogP contribution is -2.35. The highest BCUT2D eigenvalue weighted by atomic mass is 19.1. The van der Waals surface area contributed by atoms with Crippen LogP contribution in [0.5, 0.6) is 0 Å². The average Bonchev–Trinajstić information content (AvgIpc) is 2.30. The number of hydrogen-bond acceptors (Lipinski definition) is 3. The lowest BCUT2D eigenvalue weighted by atomic mass is 9.93. The normalized spacial score (nSPS) is 13.9. The minimum Gasteiger partial charge on any atom is -0.481 e. The van der Waals surface area contributed by atoms with Crippen molar-refractivity contribution < 1.29 is 24.2 Å². The van der Waals surface area contributed by atoms with E-state index in [1.807, 2.05) is 0 Å². The standard InChI is InChI=1S/C12H14FNO4/c13-9-3-1-7(2-4-9)5-8(11(15)16)6-10(14)12(17)18/h1-4,8,10H,5-6,14H2,(H,15,16)(H,17,18)/t8?,10-/m1/s1. The Bertz CT molecular complexity index is 432. The largest absolute Gasteiger partial charge is 0.481 e. The molecule has 0 aliphatic heterocycles. The molecule has 0 amide bonds. The Morgan fingerprint density at radius 1 is 1.17 bits per heavy atom. The summed E-state index contributed by atoms with van der Waals surface area (Å²) in [5, 5.41) is 17.6. The van der Waals surface area contributed by atoms with E-state index in [1.54, 1.807) is 0 Å². The van der Waals surface area contributed by atoms with Crippen LogP contribution in [0.15, 0.2) is 24.3 Å². The van der Waals surface area contributed by atoms with Crippen LogP contribution in [0.2, 0.25) is 0 Å². The van der Waals surface area contributed by atoms with E-state index in [0.29, 0.717) is 5.56 Å². The van der Waals surface area contributed by atoms with Gasteiger partial charge in [-0.25, -0.2) is 4.39 Å². The number of carboxylic acids is 2. The molecule has 0 spiro atoms. The van der Waals surface area contributed by atoms with Gasteiger partial charge in [-0.05, 0) is 30.5 Å². The molecule has 0 heterocycles. The monoisotopic (exact) mass is 255 g/mol. The highest BCUT2D eigenvalue weighted by Crippen LogP contribution is 2.15. The van der Waals surface area contributed by atoms with Crippen molar-refractivity contribution in [1.29, 1.82) is 0 Å². The number of carbonyl (C=O) groups is 2.